The molecule has 7 heteroatoms. The van der Waals surface area contributed by atoms with Gasteiger partial charge in [-0.25, -0.2) is 4.39 Å². The lowest BCUT2D eigenvalue weighted by Gasteiger charge is -2.02. The number of benzene rings is 1. The minimum Gasteiger partial charge on any atom is -0.293 e. The van der Waals surface area contributed by atoms with Crippen molar-refractivity contribution in [2.75, 3.05) is 5.33 Å². The van der Waals surface area contributed by atoms with Gasteiger partial charge in [0, 0.05) is 11.6 Å². The van der Waals surface area contributed by atoms with Crippen molar-refractivity contribution in [2.45, 2.75) is 0 Å². The summed E-state index contributed by atoms with van der Waals surface area (Å²) < 4.78 is 13.1. The van der Waals surface area contributed by atoms with E-state index in [1.165, 1.54) is 0 Å². The Morgan fingerprint density at radius 3 is 2.60 bits per heavy atom. The molecule has 15 heavy (non-hydrogen) atoms. The molecule has 1 rings (SSSR count). The molecule has 0 radical (unpaired) electrons. The van der Waals surface area contributed by atoms with Gasteiger partial charge in [0.05, 0.1) is 20.8 Å². The zero-order valence-electron chi connectivity index (χ0n) is 7.17. The molecule has 0 N–H and O–H groups in total. The molecule has 0 atom stereocenters. The van der Waals surface area contributed by atoms with Gasteiger partial charge in [-0.3, -0.25) is 14.9 Å². The summed E-state index contributed by atoms with van der Waals surface area (Å²) in [5.41, 5.74) is -0.487. The lowest BCUT2D eigenvalue weighted by Crippen LogP contribution is -2.04. The number of Topliss-reactive ketones (excluding diaryl/α,β-unsaturated/α-hetero) is 1. The fourth-order valence-electron chi connectivity index (χ4n) is 0.955. The third-order valence-corrected chi connectivity index (χ3v) is 2.96. The zero-order valence-corrected chi connectivity index (χ0v) is 10.3. The standard InChI is InChI=1S/C8H4Br2FNO3/c9-3-7(13)5-1-4(12(14)15)2-6(11)8(5)10/h1-2H,3H2. The topological polar surface area (TPSA) is 60.2 Å². The number of non-ortho nitro benzene ring substituents is 1. The normalized spacial score (nSPS) is 10.1. The number of hydrogen-bond acceptors (Lipinski definition) is 3. The average molecular weight is 341 g/mol. The second-order valence-corrected chi connectivity index (χ2v) is 3.96. The number of hydrogen-bond donors (Lipinski definition) is 0. The third-order valence-electron chi connectivity index (χ3n) is 1.65. The molecule has 0 fully saturated rings. The van der Waals surface area contributed by atoms with Gasteiger partial charge in [-0.15, -0.1) is 0 Å². The van der Waals surface area contributed by atoms with Crippen LogP contribution in [-0.2, 0) is 0 Å². The number of carbonyl (C=O) groups is 1. The zero-order chi connectivity index (χ0) is 11.6. The molecule has 0 amide bonds. The van der Waals surface area contributed by atoms with Crippen LogP contribution in [-0.4, -0.2) is 16.0 Å². The first-order chi connectivity index (χ1) is 6.97. The molecule has 0 aliphatic heterocycles. The summed E-state index contributed by atoms with van der Waals surface area (Å²) in [6.45, 7) is 0. The van der Waals surface area contributed by atoms with Gasteiger partial charge in [0.15, 0.2) is 5.78 Å². The Kier molecular flexibility index (Phi) is 3.92. The van der Waals surface area contributed by atoms with E-state index in [1.807, 2.05) is 0 Å². The van der Waals surface area contributed by atoms with Crippen LogP contribution in [0.15, 0.2) is 16.6 Å². The number of nitro groups is 1. The molecule has 4 nitrogen and oxygen atoms in total. The molecule has 0 spiro atoms. The van der Waals surface area contributed by atoms with E-state index >= 15 is 0 Å². The smallest absolute Gasteiger partial charge is 0.273 e. The Hall–Kier alpha value is -0.820. The molecule has 1 aromatic rings. The summed E-state index contributed by atoms with van der Waals surface area (Å²) in [6.07, 6.45) is 0. The van der Waals surface area contributed by atoms with Crippen molar-refractivity contribution in [3.63, 3.8) is 0 Å². The van der Waals surface area contributed by atoms with Gasteiger partial charge >= 0.3 is 0 Å². The van der Waals surface area contributed by atoms with Gasteiger partial charge in [-0.2, -0.15) is 0 Å². The SMILES string of the molecule is O=C(CBr)c1cc([N+](=O)[O-])cc(F)c1Br. The molecule has 0 heterocycles. The Morgan fingerprint density at radius 1 is 1.53 bits per heavy atom. The second-order valence-electron chi connectivity index (χ2n) is 2.60. The lowest BCUT2D eigenvalue weighted by molar-refractivity contribution is -0.385. The van der Waals surface area contributed by atoms with Crippen molar-refractivity contribution < 1.29 is 14.1 Å². The van der Waals surface area contributed by atoms with Crippen molar-refractivity contribution in [1.29, 1.82) is 0 Å². The van der Waals surface area contributed by atoms with Crippen molar-refractivity contribution in [3.05, 3.63) is 38.1 Å². The van der Waals surface area contributed by atoms with E-state index in [1.54, 1.807) is 0 Å². The summed E-state index contributed by atoms with van der Waals surface area (Å²) in [7, 11) is 0. The van der Waals surface area contributed by atoms with Crippen LogP contribution in [0.3, 0.4) is 0 Å². The maximum atomic E-state index is 13.2. The molecule has 0 aliphatic rings. The fraction of sp³-hybridized carbons (Fsp3) is 0.125. The Balaban J connectivity index is 3.37. The monoisotopic (exact) mass is 339 g/mol. The van der Waals surface area contributed by atoms with Crippen molar-refractivity contribution >= 4 is 43.3 Å². The highest BCUT2D eigenvalue weighted by molar-refractivity contribution is 9.10. The van der Waals surface area contributed by atoms with Gasteiger partial charge < -0.3 is 0 Å². The number of nitro benzene ring substituents is 1. The van der Waals surface area contributed by atoms with Gasteiger partial charge in [0.2, 0.25) is 0 Å². The number of alkyl halides is 1. The molecule has 1 aromatic carbocycles. The van der Waals surface area contributed by atoms with E-state index in [0.29, 0.717) is 0 Å². The van der Waals surface area contributed by atoms with E-state index in [0.717, 1.165) is 12.1 Å². The third kappa shape index (κ3) is 2.60. The Bertz CT molecular complexity index is 436. The van der Waals surface area contributed by atoms with E-state index in [4.69, 9.17) is 0 Å². The van der Waals surface area contributed by atoms with Crippen LogP contribution >= 0.6 is 31.9 Å². The summed E-state index contributed by atoms with van der Waals surface area (Å²) in [6, 6.07) is 1.80. The number of nitrogens with zero attached hydrogens (tertiary/aromatic N) is 1. The summed E-state index contributed by atoms with van der Waals surface area (Å²) >= 11 is 5.77. The first-order valence-corrected chi connectivity index (χ1v) is 5.61. The quantitative estimate of drug-likeness (QED) is 0.367. The largest absolute Gasteiger partial charge is 0.293 e. The summed E-state index contributed by atoms with van der Waals surface area (Å²) in [5.74, 6) is -1.25. The van der Waals surface area contributed by atoms with Crippen LogP contribution in [0.1, 0.15) is 10.4 Å². The highest BCUT2D eigenvalue weighted by Crippen LogP contribution is 2.26. The Labute approximate surface area is 101 Å². The van der Waals surface area contributed by atoms with E-state index in [-0.39, 0.29) is 15.4 Å². The molecule has 0 bridgehead atoms. The van der Waals surface area contributed by atoms with Crippen LogP contribution in [0.25, 0.3) is 0 Å². The molecule has 0 saturated heterocycles. The molecule has 0 aliphatic carbocycles. The van der Waals surface area contributed by atoms with Crippen LogP contribution in [0.4, 0.5) is 10.1 Å². The Morgan fingerprint density at radius 2 is 2.13 bits per heavy atom. The predicted molar refractivity (Wildman–Crippen MR) is 58.9 cm³/mol. The highest BCUT2D eigenvalue weighted by atomic mass is 79.9. The van der Waals surface area contributed by atoms with Crippen LogP contribution in [0.5, 0.6) is 0 Å². The van der Waals surface area contributed by atoms with Gasteiger partial charge in [0.25, 0.3) is 5.69 Å². The molecule has 0 aromatic heterocycles. The number of ketones is 1. The molecule has 0 saturated carbocycles. The van der Waals surface area contributed by atoms with Crippen LogP contribution in [0.2, 0.25) is 0 Å². The fourth-order valence-corrected chi connectivity index (χ4v) is 1.71. The molecular weight excluding hydrogens is 337 g/mol. The summed E-state index contributed by atoms with van der Waals surface area (Å²) in [5, 5.41) is 10.4. The maximum Gasteiger partial charge on any atom is 0.273 e. The molecular formula is C8H4Br2FNO3. The van der Waals surface area contributed by atoms with E-state index in [9.17, 15) is 19.3 Å². The first-order valence-electron chi connectivity index (χ1n) is 3.70. The highest BCUT2D eigenvalue weighted by Gasteiger charge is 2.18. The maximum absolute atomic E-state index is 13.2. The van der Waals surface area contributed by atoms with E-state index < -0.39 is 22.2 Å². The van der Waals surface area contributed by atoms with E-state index in [2.05, 4.69) is 31.9 Å². The van der Waals surface area contributed by atoms with Crippen LogP contribution in [0, 0.1) is 15.9 Å². The predicted octanol–water partition coefficient (Wildman–Crippen LogP) is 3.07. The number of rotatable bonds is 3. The van der Waals surface area contributed by atoms with Gasteiger partial charge in [0.1, 0.15) is 5.82 Å². The summed E-state index contributed by atoms with van der Waals surface area (Å²) in [4.78, 5) is 21.0. The number of carbonyl (C=O) groups excluding carboxylic acids is 1. The minimum atomic E-state index is -0.825. The van der Waals surface area contributed by atoms with Crippen molar-refractivity contribution in [1.82, 2.24) is 0 Å². The first kappa shape index (κ1) is 12.3. The second kappa shape index (κ2) is 4.80. The van der Waals surface area contributed by atoms with Gasteiger partial charge in [-0.05, 0) is 15.9 Å². The number of halogens is 3. The van der Waals surface area contributed by atoms with Crippen molar-refractivity contribution in [2.24, 2.45) is 0 Å². The van der Waals surface area contributed by atoms with Gasteiger partial charge in [-0.1, -0.05) is 15.9 Å². The van der Waals surface area contributed by atoms with Crippen LogP contribution < -0.4 is 0 Å². The average Bonchev–Trinajstić information content (AvgIpc) is 2.20. The molecule has 0 unspecified atom stereocenters. The molecule has 80 valence electrons. The lowest BCUT2D eigenvalue weighted by atomic mass is 10.1. The van der Waals surface area contributed by atoms with Crippen molar-refractivity contribution in [3.8, 4) is 0 Å². The minimum absolute atomic E-state index is 0.0216.